The predicted molar refractivity (Wildman–Crippen MR) is 90.1 cm³/mol. The molecule has 0 spiro atoms. The Morgan fingerprint density at radius 1 is 1.33 bits per heavy atom. The van der Waals surface area contributed by atoms with E-state index < -0.39 is 0 Å². The lowest BCUT2D eigenvalue weighted by atomic mass is 9.88. The van der Waals surface area contributed by atoms with Gasteiger partial charge in [0.05, 0.1) is 0 Å². The van der Waals surface area contributed by atoms with Crippen molar-refractivity contribution in [1.82, 2.24) is 5.32 Å². The number of hydrogen-bond donors (Lipinski definition) is 1. The Morgan fingerprint density at radius 2 is 2.10 bits per heavy atom. The molecule has 0 bridgehead atoms. The highest BCUT2D eigenvalue weighted by atomic mass is 79.9. The lowest BCUT2D eigenvalue weighted by Crippen LogP contribution is -2.33. The van der Waals surface area contributed by atoms with E-state index in [0.29, 0.717) is 12.3 Å². The van der Waals surface area contributed by atoms with Gasteiger partial charge in [0.2, 0.25) is 0 Å². The van der Waals surface area contributed by atoms with E-state index in [4.69, 9.17) is 4.42 Å². The van der Waals surface area contributed by atoms with Crippen LogP contribution in [0, 0.1) is 12.3 Å². The highest BCUT2D eigenvalue weighted by molar-refractivity contribution is 9.09. The van der Waals surface area contributed by atoms with E-state index >= 15 is 0 Å². The number of alkyl halides is 1. The van der Waals surface area contributed by atoms with Gasteiger partial charge in [0.15, 0.2) is 5.76 Å². The fourth-order valence-electron chi connectivity index (χ4n) is 2.32. The summed E-state index contributed by atoms with van der Waals surface area (Å²) in [6, 6.07) is 7.72. The molecule has 0 radical (unpaired) electrons. The summed E-state index contributed by atoms with van der Waals surface area (Å²) in [5, 5.41) is 4.94. The van der Waals surface area contributed by atoms with Crippen LogP contribution in [-0.4, -0.2) is 17.8 Å². The molecule has 2 aromatic rings. The van der Waals surface area contributed by atoms with Crippen LogP contribution in [0.1, 0.15) is 42.8 Å². The topological polar surface area (TPSA) is 42.2 Å². The number of amides is 1. The molecule has 1 aromatic carbocycles. The maximum absolute atomic E-state index is 12.2. The molecule has 0 atom stereocenters. The minimum absolute atomic E-state index is 0.0893. The first-order valence-corrected chi connectivity index (χ1v) is 8.38. The van der Waals surface area contributed by atoms with E-state index in [0.717, 1.165) is 34.7 Å². The first-order chi connectivity index (χ1) is 9.91. The lowest BCUT2D eigenvalue weighted by Gasteiger charge is -2.24. The highest BCUT2D eigenvalue weighted by Crippen LogP contribution is 2.23. The van der Waals surface area contributed by atoms with Crippen molar-refractivity contribution in [2.75, 3.05) is 11.9 Å². The third-order valence-electron chi connectivity index (χ3n) is 3.61. The number of rotatable bonds is 6. The monoisotopic (exact) mass is 351 g/mol. The van der Waals surface area contributed by atoms with Crippen LogP contribution in [0.3, 0.4) is 0 Å². The van der Waals surface area contributed by atoms with Crippen LogP contribution in [0.4, 0.5) is 0 Å². The molecular formula is C17H22BrNO2. The molecule has 4 heteroatoms. The summed E-state index contributed by atoms with van der Waals surface area (Å²) in [7, 11) is 0. The van der Waals surface area contributed by atoms with Crippen molar-refractivity contribution in [3.8, 4) is 0 Å². The summed E-state index contributed by atoms with van der Waals surface area (Å²) < 4.78 is 5.61. The number of carbonyl (C=O) groups is 1. The molecule has 0 aliphatic heterocycles. The number of hydrogen-bond acceptors (Lipinski definition) is 2. The third-order valence-corrected chi connectivity index (χ3v) is 4.17. The summed E-state index contributed by atoms with van der Waals surface area (Å²) in [5.74, 6) is 0.239. The third kappa shape index (κ3) is 4.34. The maximum Gasteiger partial charge on any atom is 0.287 e. The lowest BCUT2D eigenvalue weighted by molar-refractivity contribution is 0.0909. The zero-order valence-corrected chi connectivity index (χ0v) is 14.4. The number of halogens is 1. The van der Waals surface area contributed by atoms with E-state index in [1.807, 2.05) is 31.2 Å². The first kappa shape index (κ1) is 16.1. The standard InChI is InChI=1S/C17H22BrNO2/c1-12-5-6-14-13(9-12)10-15(21-14)16(20)19-11-17(2,3)7-4-8-18/h5-6,9-10H,4,7-8,11H2,1-3H3,(H,19,20). The number of aryl methyl sites for hydroxylation is 1. The van der Waals surface area contributed by atoms with Gasteiger partial charge in [-0.3, -0.25) is 4.79 Å². The maximum atomic E-state index is 12.2. The molecular weight excluding hydrogens is 330 g/mol. The second kappa shape index (κ2) is 6.65. The molecule has 0 aliphatic carbocycles. The Hall–Kier alpha value is -1.29. The normalized spacial score (nSPS) is 11.8. The van der Waals surface area contributed by atoms with Crippen molar-refractivity contribution in [3.63, 3.8) is 0 Å². The molecule has 21 heavy (non-hydrogen) atoms. The van der Waals surface area contributed by atoms with Crippen molar-refractivity contribution in [1.29, 1.82) is 0 Å². The van der Waals surface area contributed by atoms with Crippen LogP contribution in [0.5, 0.6) is 0 Å². The van der Waals surface area contributed by atoms with Crippen LogP contribution in [0.25, 0.3) is 11.0 Å². The fraction of sp³-hybridized carbons (Fsp3) is 0.471. The Bertz CT molecular complexity index is 631. The fourth-order valence-corrected chi connectivity index (χ4v) is 2.60. The van der Waals surface area contributed by atoms with E-state index in [-0.39, 0.29) is 11.3 Å². The quantitative estimate of drug-likeness (QED) is 0.768. The predicted octanol–water partition coefficient (Wildman–Crippen LogP) is 4.67. The number of nitrogens with one attached hydrogen (secondary N) is 1. The van der Waals surface area contributed by atoms with Crippen molar-refractivity contribution in [2.45, 2.75) is 33.6 Å². The first-order valence-electron chi connectivity index (χ1n) is 7.26. The van der Waals surface area contributed by atoms with E-state index in [1.54, 1.807) is 0 Å². The Kier molecular flexibility index (Phi) is 5.09. The number of benzene rings is 1. The smallest absolute Gasteiger partial charge is 0.287 e. The van der Waals surface area contributed by atoms with Crippen molar-refractivity contribution >= 4 is 32.8 Å². The molecule has 0 unspecified atom stereocenters. The molecule has 1 aromatic heterocycles. The van der Waals surface area contributed by atoms with E-state index in [9.17, 15) is 4.79 Å². The van der Waals surface area contributed by atoms with Crippen molar-refractivity contribution < 1.29 is 9.21 Å². The molecule has 114 valence electrons. The number of carbonyl (C=O) groups excluding carboxylic acids is 1. The average molecular weight is 352 g/mol. The average Bonchev–Trinajstić information content (AvgIpc) is 2.85. The van der Waals surface area contributed by atoms with Crippen LogP contribution >= 0.6 is 15.9 Å². The summed E-state index contributed by atoms with van der Waals surface area (Å²) in [6.45, 7) is 7.00. The van der Waals surface area contributed by atoms with Crippen LogP contribution in [0.15, 0.2) is 28.7 Å². The number of fused-ring (bicyclic) bond motifs is 1. The van der Waals surface area contributed by atoms with Crippen LogP contribution in [-0.2, 0) is 0 Å². The molecule has 0 saturated carbocycles. The van der Waals surface area contributed by atoms with Gasteiger partial charge in [0.25, 0.3) is 5.91 Å². The van der Waals surface area contributed by atoms with Gasteiger partial charge in [-0.25, -0.2) is 0 Å². The minimum Gasteiger partial charge on any atom is -0.451 e. The van der Waals surface area contributed by atoms with Gasteiger partial charge in [-0.05, 0) is 43.4 Å². The molecule has 0 saturated heterocycles. The largest absolute Gasteiger partial charge is 0.451 e. The SMILES string of the molecule is Cc1ccc2oc(C(=O)NCC(C)(C)CCCBr)cc2c1. The van der Waals surface area contributed by atoms with Gasteiger partial charge < -0.3 is 9.73 Å². The molecule has 2 rings (SSSR count). The van der Waals surface area contributed by atoms with Gasteiger partial charge in [-0.15, -0.1) is 0 Å². The van der Waals surface area contributed by atoms with E-state index in [1.165, 1.54) is 0 Å². The second-order valence-corrected chi connectivity index (χ2v) is 7.08. The Morgan fingerprint density at radius 3 is 2.81 bits per heavy atom. The minimum atomic E-state index is -0.143. The molecule has 1 heterocycles. The number of furan rings is 1. The molecule has 3 nitrogen and oxygen atoms in total. The van der Waals surface area contributed by atoms with Gasteiger partial charge in [-0.2, -0.15) is 0 Å². The highest BCUT2D eigenvalue weighted by Gasteiger charge is 2.20. The van der Waals surface area contributed by atoms with Gasteiger partial charge >= 0.3 is 0 Å². The van der Waals surface area contributed by atoms with Crippen molar-refractivity contribution in [2.24, 2.45) is 5.41 Å². The zero-order valence-electron chi connectivity index (χ0n) is 12.8. The van der Waals surface area contributed by atoms with Gasteiger partial charge in [-0.1, -0.05) is 41.4 Å². The summed E-state index contributed by atoms with van der Waals surface area (Å²) in [5.41, 5.74) is 2.00. The molecule has 0 fully saturated rings. The molecule has 1 N–H and O–H groups in total. The van der Waals surface area contributed by atoms with E-state index in [2.05, 4.69) is 35.1 Å². The summed E-state index contributed by atoms with van der Waals surface area (Å²) >= 11 is 3.44. The second-order valence-electron chi connectivity index (χ2n) is 6.29. The van der Waals surface area contributed by atoms with Crippen molar-refractivity contribution in [3.05, 3.63) is 35.6 Å². The molecule has 1 amide bonds. The van der Waals surface area contributed by atoms with Crippen LogP contribution < -0.4 is 5.32 Å². The summed E-state index contributed by atoms with van der Waals surface area (Å²) in [4.78, 5) is 12.2. The van der Waals surface area contributed by atoms with Gasteiger partial charge in [0.1, 0.15) is 5.58 Å². The summed E-state index contributed by atoms with van der Waals surface area (Å²) in [6.07, 6.45) is 2.17. The van der Waals surface area contributed by atoms with Gasteiger partial charge in [0, 0.05) is 17.3 Å². The Labute approximate surface area is 134 Å². The van der Waals surface area contributed by atoms with Crippen LogP contribution in [0.2, 0.25) is 0 Å². The molecule has 0 aliphatic rings. The Balaban J connectivity index is 2.02. The zero-order chi connectivity index (χ0) is 15.5.